The third-order valence-electron chi connectivity index (χ3n) is 3.70. The van der Waals surface area contributed by atoms with E-state index < -0.39 is 33.7 Å². The number of benzene rings is 1. The molecule has 1 saturated carbocycles. The van der Waals surface area contributed by atoms with Crippen LogP contribution in [0.4, 0.5) is 14.5 Å². The first-order chi connectivity index (χ1) is 9.32. The summed E-state index contributed by atoms with van der Waals surface area (Å²) in [5, 5.41) is 10.5. The van der Waals surface area contributed by atoms with Crippen molar-refractivity contribution in [3.63, 3.8) is 0 Å². The van der Waals surface area contributed by atoms with Crippen molar-refractivity contribution >= 4 is 11.6 Å². The molecule has 108 valence electrons. The molecule has 2 rings (SSSR count). The first kappa shape index (κ1) is 14.4. The van der Waals surface area contributed by atoms with Crippen LogP contribution in [0.15, 0.2) is 12.1 Å². The second-order valence-electron chi connectivity index (χ2n) is 5.03. The molecular formula is C13H14F2N2O3. The van der Waals surface area contributed by atoms with Crippen LogP contribution >= 0.6 is 0 Å². The van der Waals surface area contributed by atoms with E-state index in [1.165, 1.54) is 11.9 Å². The SMILES string of the molecule is CC(C1CC1)N(C)C(=O)c1cc(F)c([N+](=O)[O-])cc1F. The number of carbonyl (C=O) groups excluding carboxylic acids is 1. The lowest BCUT2D eigenvalue weighted by Crippen LogP contribution is -2.37. The minimum Gasteiger partial charge on any atom is -0.339 e. The molecule has 1 aromatic rings. The average Bonchev–Trinajstić information content (AvgIpc) is 3.22. The molecule has 0 N–H and O–H groups in total. The maximum absolute atomic E-state index is 13.8. The Balaban J connectivity index is 2.30. The molecular weight excluding hydrogens is 270 g/mol. The summed E-state index contributed by atoms with van der Waals surface area (Å²) >= 11 is 0. The molecule has 1 aromatic carbocycles. The molecule has 20 heavy (non-hydrogen) atoms. The topological polar surface area (TPSA) is 63.5 Å². The molecule has 0 bridgehead atoms. The fourth-order valence-corrected chi connectivity index (χ4v) is 2.11. The van der Waals surface area contributed by atoms with Gasteiger partial charge in [0.2, 0.25) is 5.82 Å². The van der Waals surface area contributed by atoms with Crippen molar-refractivity contribution in [1.82, 2.24) is 4.90 Å². The number of nitro groups is 1. The zero-order valence-corrected chi connectivity index (χ0v) is 11.1. The lowest BCUT2D eigenvalue weighted by Gasteiger charge is -2.25. The number of carbonyl (C=O) groups is 1. The fourth-order valence-electron chi connectivity index (χ4n) is 2.11. The molecule has 0 saturated heterocycles. The van der Waals surface area contributed by atoms with Gasteiger partial charge in [-0.1, -0.05) is 0 Å². The highest BCUT2D eigenvalue weighted by atomic mass is 19.1. The van der Waals surface area contributed by atoms with E-state index in [4.69, 9.17) is 0 Å². The summed E-state index contributed by atoms with van der Waals surface area (Å²) in [5.41, 5.74) is -1.46. The average molecular weight is 284 g/mol. The second-order valence-corrected chi connectivity index (χ2v) is 5.03. The lowest BCUT2D eigenvalue weighted by atomic mass is 10.1. The maximum atomic E-state index is 13.8. The van der Waals surface area contributed by atoms with Gasteiger partial charge < -0.3 is 4.90 Å². The Kier molecular flexibility index (Phi) is 3.69. The van der Waals surface area contributed by atoms with Crippen LogP contribution in [0.5, 0.6) is 0 Å². The summed E-state index contributed by atoms with van der Waals surface area (Å²) in [6.45, 7) is 1.84. The van der Waals surface area contributed by atoms with Crippen LogP contribution in [0.3, 0.4) is 0 Å². The minimum absolute atomic E-state index is 0.0693. The smallest absolute Gasteiger partial charge is 0.307 e. The van der Waals surface area contributed by atoms with Crippen LogP contribution in [0.2, 0.25) is 0 Å². The zero-order valence-electron chi connectivity index (χ0n) is 11.1. The summed E-state index contributed by atoms with van der Waals surface area (Å²) in [5.74, 6) is -2.59. The van der Waals surface area contributed by atoms with Crippen LogP contribution in [-0.4, -0.2) is 28.8 Å². The van der Waals surface area contributed by atoms with E-state index in [0.717, 1.165) is 12.8 Å². The van der Waals surface area contributed by atoms with E-state index in [-0.39, 0.29) is 6.04 Å². The van der Waals surface area contributed by atoms with Gasteiger partial charge in [0.25, 0.3) is 5.91 Å². The summed E-state index contributed by atoms with van der Waals surface area (Å²) in [4.78, 5) is 22.9. The third kappa shape index (κ3) is 2.61. The molecule has 1 atom stereocenters. The molecule has 0 aliphatic heterocycles. The number of nitrogens with zero attached hydrogens (tertiary/aromatic N) is 2. The van der Waals surface area contributed by atoms with Crippen molar-refractivity contribution in [3.05, 3.63) is 39.4 Å². The van der Waals surface area contributed by atoms with Crippen LogP contribution in [0.25, 0.3) is 0 Å². The quantitative estimate of drug-likeness (QED) is 0.631. The summed E-state index contributed by atoms with van der Waals surface area (Å²) < 4.78 is 27.3. The molecule has 0 aromatic heterocycles. The summed E-state index contributed by atoms with van der Waals surface area (Å²) in [6, 6.07) is 0.963. The normalized spacial score (nSPS) is 15.8. The number of nitro benzene ring substituents is 1. The van der Waals surface area contributed by atoms with Crippen molar-refractivity contribution in [2.45, 2.75) is 25.8 Å². The van der Waals surface area contributed by atoms with E-state index in [1.54, 1.807) is 0 Å². The van der Waals surface area contributed by atoms with Crippen LogP contribution in [-0.2, 0) is 0 Å². The van der Waals surface area contributed by atoms with Gasteiger partial charge in [0, 0.05) is 13.1 Å². The molecule has 1 fully saturated rings. The molecule has 7 heteroatoms. The van der Waals surface area contributed by atoms with Gasteiger partial charge in [0.1, 0.15) is 5.82 Å². The molecule has 0 radical (unpaired) electrons. The standard InChI is InChI=1S/C13H14F2N2O3/c1-7(8-3-4-8)16(2)13(18)9-5-11(15)12(17(19)20)6-10(9)14/h5-8H,3-4H2,1-2H3. The van der Waals surface area contributed by atoms with Crippen molar-refractivity contribution in [2.24, 2.45) is 5.92 Å². The van der Waals surface area contributed by atoms with E-state index in [0.29, 0.717) is 18.1 Å². The number of halogens is 2. The molecule has 1 aliphatic rings. The van der Waals surface area contributed by atoms with Gasteiger partial charge >= 0.3 is 5.69 Å². The lowest BCUT2D eigenvalue weighted by molar-refractivity contribution is -0.387. The van der Waals surface area contributed by atoms with Gasteiger partial charge in [0.05, 0.1) is 16.6 Å². The highest BCUT2D eigenvalue weighted by Gasteiger charge is 2.34. The predicted octanol–water partition coefficient (Wildman–Crippen LogP) is 2.74. The predicted molar refractivity (Wildman–Crippen MR) is 67.3 cm³/mol. The van der Waals surface area contributed by atoms with E-state index in [9.17, 15) is 23.7 Å². The van der Waals surface area contributed by atoms with Gasteiger partial charge in [-0.05, 0) is 31.7 Å². The van der Waals surface area contributed by atoms with Crippen LogP contribution < -0.4 is 0 Å². The van der Waals surface area contributed by atoms with Crippen LogP contribution in [0, 0.1) is 27.7 Å². The number of hydrogen-bond acceptors (Lipinski definition) is 3. The van der Waals surface area contributed by atoms with Gasteiger partial charge in [-0.25, -0.2) is 4.39 Å². The molecule has 1 amide bonds. The van der Waals surface area contributed by atoms with E-state index in [2.05, 4.69) is 0 Å². The van der Waals surface area contributed by atoms with Gasteiger partial charge in [-0.3, -0.25) is 14.9 Å². The van der Waals surface area contributed by atoms with Crippen molar-refractivity contribution in [3.8, 4) is 0 Å². The first-order valence-electron chi connectivity index (χ1n) is 6.23. The Morgan fingerprint density at radius 1 is 1.40 bits per heavy atom. The Labute approximate surface area is 114 Å². The van der Waals surface area contributed by atoms with Gasteiger partial charge in [0.15, 0.2) is 0 Å². The Hall–Kier alpha value is -2.05. The molecule has 0 heterocycles. The molecule has 1 unspecified atom stereocenters. The van der Waals surface area contributed by atoms with E-state index in [1.807, 2.05) is 6.92 Å². The molecule has 0 spiro atoms. The number of rotatable bonds is 4. The molecule has 5 nitrogen and oxygen atoms in total. The Morgan fingerprint density at radius 3 is 2.50 bits per heavy atom. The molecule has 1 aliphatic carbocycles. The number of amides is 1. The Morgan fingerprint density at radius 2 is 2.00 bits per heavy atom. The summed E-state index contributed by atoms with van der Waals surface area (Å²) in [6.07, 6.45) is 2.02. The fraction of sp³-hybridized carbons (Fsp3) is 0.462. The highest BCUT2D eigenvalue weighted by molar-refractivity contribution is 5.94. The second kappa shape index (κ2) is 5.15. The Bertz CT molecular complexity index is 573. The van der Waals surface area contributed by atoms with Crippen molar-refractivity contribution in [2.75, 3.05) is 7.05 Å². The van der Waals surface area contributed by atoms with E-state index >= 15 is 0 Å². The van der Waals surface area contributed by atoms with Gasteiger partial charge in [-0.15, -0.1) is 0 Å². The monoisotopic (exact) mass is 284 g/mol. The largest absolute Gasteiger partial charge is 0.339 e. The highest BCUT2D eigenvalue weighted by Crippen LogP contribution is 2.35. The van der Waals surface area contributed by atoms with Crippen molar-refractivity contribution in [1.29, 1.82) is 0 Å². The maximum Gasteiger partial charge on any atom is 0.307 e. The minimum atomic E-state index is -1.22. The van der Waals surface area contributed by atoms with Gasteiger partial charge in [-0.2, -0.15) is 4.39 Å². The van der Waals surface area contributed by atoms with Crippen molar-refractivity contribution < 1.29 is 18.5 Å². The third-order valence-corrected chi connectivity index (χ3v) is 3.70. The zero-order chi connectivity index (χ0) is 15.0. The first-order valence-corrected chi connectivity index (χ1v) is 6.23. The number of hydrogen-bond donors (Lipinski definition) is 0. The van der Waals surface area contributed by atoms with Crippen LogP contribution in [0.1, 0.15) is 30.1 Å². The summed E-state index contributed by atoms with van der Waals surface area (Å²) in [7, 11) is 1.52.